The van der Waals surface area contributed by atoms with Gasteiger partial charge in [0.15, 0.2) is 0 Å². The molecule has 1 N–H and O–H groups in total. The maximum Gasteiger partial charge on any atom is 0.510 e. The molecule has 2 heterocycles. The Kier molecular flexibility index (Phi) is 5.38. The number of ether oxygens (including phenoxy) is 3. The van der Waals surface area contributed by atoms with E-state index in [2.05, 4.69) is 0 Å². The zero-order valence-electron chi connectivity index (χ0n) is 19.8. The first-order valence-corrected chi connectivity index (χ1v) is 12.7. The first-order chi connectivity index (χ1) is 17.1. The van der Waals surface area contributed by atoms with E-state index in [1.165, 1.54) is 36.8 Å². The fraction of sp³-hybridized carbons (Fsp3) is 0.500. The van der Waals surface area contributed by atoms with Crippen LogP contribution in [0, 0.1) is 5.41 Å². The molecule has 0 bridgehead atoms. The van der Waals surface area contributed by atoms with Gasteiger partial charge in [-0.15, -0.1) is 0 Å². The number of benzene rings is 2. The molecular weight excluding hydrogens is 446 g/mol. The van der Waals surface area contributed by atoms with E-state index in [4.69, 9.17) is 19.3 Å². The van der Waals surface area contributed by atoms with Crippen LogP contribution in [0.4, 0.5) is 4.79 Å². The molecule has 2 aromatic carbocycles. The Balaban J connectivity index is 1.33. The minimum atomic E-state index is -1.81. The summed E-state index contributed by atoms with van der Waals surface area (Å²) >= 11 is 0. The van der Waals surface area contributed by atoms with Crippen molar-refractivity contribution in [2.24, 2.45) is 5.41 Å². The normalized spacial score (nSPS) is 29.6. The monoisotopic (exact) mass is 478 g/mol. The lowest BCUT2D eigenvalue weighted by atomic mass is 9.39. The molecule has 2 aliphatic heterocycles. The van der Waals surface area contributed by atoms with Crippen molar-refractivity contribution in [3.63, 3.8) is 0 Å². The SMILES string of the molecule is O=C(OCCO)OC(C(=O)OC1CC2C13CCC3[N+]21CCCC1)(c1ccccc1)c1ccccc1. The molecule has 2 saturated carbocycles. The zero-order valence-corrected chi connectivity index (χ0v) is 19.8. The Morgan fingerprint density at radius 3 is 2.11 bits per heavy atom. The second-order valence-corrected chi connectivity index (χ2v) is 10.4. The smallest absolute Gasteiger partial charge is 0.458 e. The van der Waals surface area contributed by atoms with Gasteiger partial charge in [0.25, 0.3) is 5.60 Å². The molecule has 184 valence electrons. The number of quaternary nitrogens is 1. The second kappa shape index (κ2) is 8.35. The van der Waals surface area contributed by atoms with Crippen LogP contribution in [-0.2, 0) is 24.6 Å². The van der Waals surface area contributed by atoms with Crippen molar-refractivity contribution in [2.45, 2.75) is 55.9 Å². The average Bonchev–Trinajstić information content (AvgIpc) is 3.34. The summed E-state index contributed by atoms with van der Waals surface area (Å²) in [5.74, 6) is -0.598. The molecule has 2 aromatic rings. The Hall–Kier alpha value is -2.90. The quantitative estimate of drug-likeness (QED) is 0.484. The van der Waals surface area contributed by atoms with Gasteiger partial charge in [0.2, 0.25) is 0 Å². The predicted octanol–water partition coefficient (Wildman–Crippen LogP) is 3.53. The van der Waals surface area contributed by atoms with Crippen LogP contribution in [-0.4, -0.2) is 66.2 Å². The number of piperidine rings is 2. The Bertz CT molecular complexity index is 1050. The molecule has 2 aliphatic carbocycles. The number of esters is 1. The van der Waals surface area contributed by atoms with Crippen LogP contribution < -0.4 is 0 Å². The summed E-state index contributed by atoms with van der Waals surface area (Å²) in [6.07, 6.45) is 4.58. The molecule has 6 rings (SSSR count). The summed E-state index contributed by atoms with van der Waals surface area (Å²) in [5.41, 5.74) is -0.726. The van der Waals surface area contributed by atoms with Crippen molar-refractivity contribution in [3.05, 3.63) is 71.8 Å². The summed E-state index contributed by atoms with van der Waals surface area (Å²) in [6, 6.07) is 19.1. The lowest BCUT2D eigenvalue weighted by molar-refractivity contribution is -1.05. The molecule has 7 nitrogen and oxygen atoms in total. The van der Waals surface area contributed by atoms with E-state index < -0.39 is 17.7 Å². The van der Waals surface area contributed by atoms with Gasteiger partial charge in [-0.1, -0.05) is 60.7 Å². The second-order valence-electron chi connectivity index (χ2n) is 10.4. The first kappa shape index (κ1) is 22.6. The topological polar surface area (TPSA) is 82.1 Å². The largest absolute Gasteiger partial charge is 0.510 e. The summed E-state index contributed by atoms with van der Waals surface area (Å²) < 4.78 is 18.4. The van der Waals surface area contributed by atoms with E-state index in [-0.39, 0.29) is 24.7 Å². The van der Waals surface area contributed by atoms with Crippen LogP contribution in [0.1, 0.15) is 43.2 Å². The molecule has 4 aliphatic rings. The molecular formula is C28H32NO6+. The van der Waals surface area contributed by atoms with Crippen LogP contribution >= 0.6 is 0 Å². The number of aliphatic hydroxyl groups is 1. The minimum Gasteiger partial charge on any atom is -0.458 e. The standard InChI is InChI=1S/C28H32NO6/c30-17-18-33-26(32)35-28(20-9-3-1-4-10-20,21-11-5-2-6-12-21)25(31)34-24-19-23-27(24)14-13-22(27)29(23)15-7-8-16-29/h1-6,9-12,22-24,30H,7-8,13-19H2/q+1. The van der Waals surface area contributed by atoms with Gasteiger partial charge in [-0.3, -0.25) is 0 Å². The molecule has 35 heavy (non-hydrogen) atoms. The van der Waals surface area contributed by atoms with Crippen molar-refractivity contribution in [1.29, 1.82) is 0 Å². The van der Waals surface area contributed by atoms with E-state index in [1.807, 2.05) is 12.1 Å². The third kappa shape index (κ3) is 3.04. The van der Waals surface area contributed by atoms with Crippen LogP contribution in [0.25, 0.3) is 0 Å². The molecule has 4 fully saturated rings. The van der Waals surface area contributed by atoms with Crippen LogP contribution in [0.3, 0.4) is 0 Å². The highest BCUT2D eigenvalue weighted by atomic mass is 16.7. The molecule has 2 saturated heterocycles. The minimum absolute atomic E-state index is 0.0938. The van der Waals surface area contributed by atoms with Gasteiger partial charge < -0.3 is 23.8 Å². The van der Waals surface area contributed by atoms with E-state index in [9.17, 15) is 9.59 Å². The zero-order chi connectivity index (χ0) is 24.1. The maximum absolute atomic E-state index is 14.1. The summed E-state index contributed by atoms with van der Waals surface area (Å²) in [4.78, 5) is 26.8. The molecule has 0 amide bonds. The predicted molar refractivity (Wildman–Crippen MR) is 126 cm³/mol. The Morgan fingerprint density at radius 1 is 0.971 bits per heavy atom. The summed E-state index contributed by atoms with van der Waals surface area (Å²) in [6.45, 7) is 1.96. The number of rotatable bonds is 7. The number of nitrogens with zero attached hydrogens (tertiary/aromatic N) is 1. The molecule has 0 aromatic heterocycles. The maximum atomic E-state index is 14.1. The van der Waals surface area contributed by atoms with Gasteiger partial charge in [0.1, 0.15) is 30.2 Å². The highest BCUT2D eigenvalue weighted by Crippen LogP contribution is 2.73. The molecule has 2 spiro atoms. The van der Waals surface area contributed by atoms with Gasteiger partial charge in [-0.05, 0) is 6.42 Å². The lowest BCUT2D eigenvalue weighted by Gasteiger charge is -2.80. The van der Waals surface area contributed by atoms with E-state index in [0.717, 1.165) is 12.8 Å². The molecule has 0 radical (unpaired) electrons. The third-order valence-corrected chi connectivity index (χ3v) is 9.21. The van der Waals surface area contributed by atoms with Crippen LogP contribution in [0.5, 0.6) is 0 Å². The lowest BCUT2D eigenvalue weighted by Crippen LogP contribution is -2.94. The number of fused-ring (bicyclic) bond motifs is 2. The summed E-state index contributed by atoms with van der Waals surface area (Å²) in [5, 5.41) is 9.10. The van der Waals surface area contributed by atoms with Crippen molar-refractivity contribution in [2.75, 3.05) is 26.3 Å². The van der Waals surface area contributed by atoms with Crippen molar-refractivity contribution in [3.8, 4) is 0 Å². The number of carbonyl (C=O) groups is 2. The van der Waals surface area contributed by atoms with E-state index in [1.54, 1.807) is 48.5 Å². The average molecular weight is 479 g/mol. The molecule has 4 atom stereocenters. The van der Waals surface area contributed by atoms with Gasteiger partial charge in [0.05, 0.1) is 19.7 Å². The van der Waals surface area contributed by atoms with Crippen molar-refractivity contribution in [1.82, 2.24) is 0 Å². The Labute approximate surface area is 205 Å². The van der Waals surface area contributed by atoms with Gasteiger partial charge in [0, 0.05) is 36.8 Å². The number of aliphatic hydroxyl groups excluding tert-OH is 1. The van der Waals surface area contributed by atoms with E-state index >= 15 is 0 Å². The van der Waals surface area contributed by atoms with Gasteiger partial charge >= 0.3 is 12.1 Å². The van der Waals surface area contributed by atoms with Crippen LogP contribution in [0.2, 0.25) is 0 Å². The fourth-order valence-electron chi connectivity index (χ4n) is 7.73. The first-order valence-electron chi connectivity index (χ1n) is 12.7. The highest BCUT2D eigenvalue weighted by Gasteiger charge is 2.86. The molecule has 4 unspecified atom stereocenters. The molecule has 7 heteroatoms. The number of carbonyl (C=O) groups excluding carboxylic acids is 2. The van der Waals surface area contributed by atoms with Crippen molar-refractivity contribution >= 4 is 12.1 Å². The van der Waals surface area contributed by atoms with Crippen LogP contribution in [0.15, 0.2) is 60.7 Å². The summed E-state index contributed by atoms with van der Waals surface area (Å²) in [7, 11) is 0. The Morgan fingerprint density at radius 2 is 1.60 bits per heavy atom. The fourth-order valence-corrected chi connectivity index (χ4v) is 7.73. The third-order valence-electron chi connectivity index (χ3n) is 9.21. The number of hydrogen-bond acceptors (Lipinski definition) is 6. The highest BCUT2D eigenvalue weighted by molar-refractivity contribution is 5.88. The van der Waals surface area contributed by atoms with Crippen molar-refractivity contribution < 1.29 is 33.4 Å². The van der Waals surface area contributed by atoms with Gasteiger partial charge in [-0.2, -0.15) is 0 Å². The number of hydrogen-bond donors (Lipinski definition) is 1. The van der Waals surface area contributed by atoms with Gasteiger partial charge in [-0.25, -0.2) is 9.59 Å². The van der Waals surface area contributed by atoms with E-state index in [0.29, 0.717) is 23.2 Å².